The Kier molecular flexibility index (Phi) is 19.1. The van der Waals surface area contributed by atoms with Crippen LogP contribution < -0.4 is 31.5 Å². The van der Waals surface area contributed by atoms with Crippen molar-refractivity contribution in [3.05, 3.63) is 175 Å². The van der Waals surface area contributed by atoms with Crippen molar-refractivity contribution in [3.8, 4) is 22.3 Å². The summed E-state index contributed by atoms with van der Waals surface area (Å²) in [6.07, 6.45) is 5.74. The molecular weight excluding hydrogens is 1040 g/mol. The highest BCUT2D eigenvalue weighted by Gasteiger charge is 2.23. The average molecular weight is 1100 g/mol. The van der Waals surface area contributed by atoms with Crippen LogP contribution in [0, 0.1) is 23.3 Å². The van der Waals surface area contributed by atoms with E-state index in [1.165, 1.54) is 18.2 Å². The van der Waals surface area contributed by atoms with Crippen LogP contribution in [0.2, 0.25) is 5.28 Å². The first-order valence-corrected chi connectivity index (χ1v) is 25.5. The van der Waals surface area contributed by atoms with E-state index in [0.29, 0.717) is 69.2 Å². The normalized spacial score (nSPS) is 13.7. The fraction of sp³-hybridized carbons (Fsp3) is 0.207. The zero-order valence-corrected chi connectivity index (χ0v) is 43.6. The van der Waals surface area contributed by atoms with Gasteiger partial charge in [-0.1, -0.05) is 73.8 Å². The number of para-hydroxylation sites is 2. The molecule has 0 unspecified atom stereocenters. The molecule has 2 amide bonds. The van der Waals surface area contributed by atoms with Crippen molar-refractivity contribution in [1.82, 2.24) is 29.7 Å². The van der Waals surface area contributed by atoms with Crippen molar-refractivity contribution in [2.75, 3.05) is 110 Å². The molecule has 7 N–H and O–H groups in total. The third-order valence-corrected chi connectivity index (χ3v) is 13.2. The van der Waals surface area contributed by atoms with Crippen molar-refractivity contribution in [1.29, 1.82) is 0 Å². The predicted molar refractivity (Wildman–Crippen MR) is 305 cm³/mol. The van der Waals surface area contributed by atoms with Crippen LogP contribution in [0.5, 0.6) is 0 Å². The van der Waals surface area contributed by atoms with Crippen LogP contribution >= 0.6 is 11.6 Å². The number of hydrogen-bond acceptors (Lipinski definition) is 14. The van der Waals surface area contributed by atoms with Crippen LogP contribution in [0.4, 0.5) is 57.6 Å². The van der Waals surface area contributed by atoms with Crippen molar-refractivity contribution < 1.29 is 37.4 Å². The van der Waals surface area contributed by atoms with E-state index in [1.54, 1.807) is 28.3 Å². The Balaban J connectivity index is 0.000000173. The van der Waals surface area contributed by atoms with Gasteiger partial charge in [0.15, 0.2) is 0 Å². The molecule has 0 atom stereocenters. The third kappa shape index (κ3) is 14.5. The van der Waals surface area contributed by atoms with Gasteiger partial charge in [-0.2, -0.15) is 0 Å². The second-order valence-electron chi connectivity index (χ2n) is 18.2. The van der Waals surface area contributed by atoms with Crippen LogP contribution in [0.1, 0.15) is 0 Å². The molecule has 4 heterocycles. The van der Waals surface area contributed by atoms with E-state index in [1.807, 2.05) is 78.9 Å². The monoisotopic (exact) mass is 1100 g/mol. The summed E-state index contributed by atoms with van der Waals surface area (Å²) in [6.45, 7) is 13.4. The first kappa shape index (κ1) is 56.7. The summed E-state index contributed by atoms with van der Waals surface area (Å²) in [7, 11) is 0. The number of β-amino-alcohol motifs (C(OH)–C–C–N with tert-alkyl or cyclic N) is 2. The van der Waals surface area contributed by atoms with E-state index >= 15 is 8.78 Å². The summed E-state index contributed by atoms with van der Waals surface area (Å²) in [4.78, 5) is 48.1. The molecule has 0 spiro atoms. The number of amides is 2. The zero-order valence-electron chi connectivity index (χ0n) is 42.9. The smallest absolute Gasteiger partial charge is 0.247 e. The maximum Gasteiger partial charge on any atom is 0.247 e. The van der Waals surface area contributed by atoms with Gasteiger partial charge in [0.1, 0.15) is 23.3 Å². The topological polar surface area (TPSA) is 201 Å². The number of halogens is 5. The van der Waals surface area contributed by atoms with Crippen LogP contribution in [-0.2, 0) is 9.59 Å². The van der Waals surface area contributed by atoms with Gasteiger partial charge in [0.2, 0.25) is 23.0 Å². The van der Waals surface area contributed by atoms with Gasteiger partial charge in [-0.15, -0.1) is 0 Å². The van der Waals surface area contributed by atoms with E-state index in [-0.39, 0.29) is 59.0 Å². The second kappa shape index (κ2) is 26.7. The standard InChI is InChI=1S/C29H28F2N6O2.C17H12ClN3O.C12H17F2N3O/c1-2-27(39)33-21-7-3-5-19(15-21)22-8-4-6-20-18-32-29(35-28(20)22)34-25-16-24(31)26(17-23(25)30)37-11-9-36(10-12-37)13-14-38;1-2-15(22)20-13-7-3-5-11(9-13)14-8-4-6-12-10-19-17(18)21-16(12)14;13-9-8-12(10(14)7-11(9)15)17-3-1-16(2-4-17)5-6-18/h2-8,15-18,38H,1,9-14H2,(H,33,39)(H,32,34,35);2-10H,1H2,(H,20,22);7-8,18H,1-6,15H2. The van der Waals surface area contributed by atoms with E-state index < -0.39 is 23.3 Å². The van der Waals surface area contributed by atoms with E-state index in [2.05, 4.69) is 58.8 Å². The van der Waals surface area contributed by atoms with Gasteiger partial charge in [-0.25, -0.2) is 37.5 Å². The summed E-state index contributed by atoms with van der Waals surface area (Å²) < 4.78 is 57.3. The molecule has 21 heteroatoms. The summed E-state index contributed by atoms with van der Waals surface area (Å²) in [6, 6.07) is 30.8. The van der Waals surface area contributed by atoms with Gasteiger partial charge < -0.3 is 41.7 Å². The van der Waals surface area contributed by atoms with Gasteiger partial charge in [-0.05, 0) is 59.1 Å². The largest absolute Gasteiger partial charge is 0.396 e. The molecule has 0 saturated carbocycles. The molecule has 2 aromatic heterocycles. The first-order valence-electron chi connectivity index (χ1n) is 25.2. The highest BCUT2D eigenvalue weighted by molar-refractivity contribution is 6.28. The average Bonchev–Trinajstić information content (AvgIpc) is 3.52. The van der Waals surface area contributed by atoms with Gasteiger partial charge in [0.05, 0.1) is 47.0 Å². The number of nitrogen functional groups attached to an aromatic ring is 1. The quantitative estimate of drug-likeness (QED) is 0.0260. The Morgan fingerprint density at radius 2 is 1.06 bits per heavy atom. The fourth-order valence-corrected chi connectivity index (χ4v) is 9.16. The molecule has 79 heavy (non-hydrogen) atoms. The minimum atomic E-state index is -0.619. The molecule has 2 aliphatic heterocycles. The lowest BCUT2D eigenvalue weighted by Gasteiger charge is -2.36. The Morgan fingerprint density at radius 1 is 0.595 bits per heavy atom. The number of carbonyl (C=O) groups is 2. The number of hydrogen-bond donors (Lipinski definition) is 6. The number of aliphatic hydroxyl groups excluding tert-OH is 2. The molecule has 10 rings (SSSR count). The van der Waals surface area contributed by atoms with Crippen molar-refractivity contribution in [2.24, 2.45) is 0 Å². The number of nitrogens with two attached hydrogens (primary N) is 1. The van der Waals surface area contributed by atoms with Gasteiger partial charge in [-0.3, -0.25) is 19.4 Å². The van der Waals surface area contributed by atoms with E-state index in [4.69, 9.17) is 27.5 Å². The number of fused-ring (bicyclic) bond motifs is 2. The number of nitrogens with zero attached hydrogens (tertiary/aromatic N) is 8. The molecule has 16 nitrogen and oxygen atoms in total. The highest BCUT2D eigenvalue weighted by atomic mass is 35.5. The minimum Gasteiger partial charge on any atom is -0.396 e. The summed E-state index contributed by atoms with van der Waals surface area (Å²) in [5.41, 5.74) is 11.7. The van der Waals surface area contributed by atoms with Gasteiger partial charge in [0.25, 0.3) is 0 Å². The summed E-state index contributed by atoms with van der Waals surface area (Å²) in [5.74, 6) is -2.70. The highest BCUT2D eigenvalue weighted by Crippen LogP contribution is 2.33. The number of anilines is 7. The van der Waals surface area contributed by atoms with Crippen LogP contribution in [0.3, 0.4) is 0 Å². The lowest BCUT2D eigenvalue weighted by atomic mass is 10.0. The fourth-order valence-electron chi connectivity index (χ4n) is 9.03. The number of piperazine rings is 2. The molecule has 0 aliphatic carbocycles. The Labute approximate surface area is 458 Å². The molecule has 6 aromatic carbocycles. The Bertz CT molecular complexity index is 3490. The SMILES string of the molecule is C=CC(=O)Nc1cccc(-c2cccc3cnc(Cl)nc23)c1.C=CC(=O)Nc1cccc(-c2cccc3cnc(Nc4cc(F)c(N5CCN(CCO)CC5)cc4F)nc23)c1.Nc1cc(F)c(N2CCN(CCO)CC2)cc1F. The number of benzene rings is 6. The van der Waals surface area contributed by atoms with E-state index in [9.17, 15) is 18.4 Å². The molecule has 0 bridgehead atoms. The molecule has 2 saturated heterocycles. The molecular formula is C58H57ClF4N12O4. The molecule has 8 aromatic rings. The number of carbonyl (C=O) groups excluding carboxylic acids is 2. The predicted octanol–water partition coefficient (Wildman–Crippen LogP) is 9.29. The molecule has 2 aliphatic rings. The van der Waals surface area contributed by atoms with Crippen LogP contribution in [0.15, 0.2) is 147 Å². The van der Waals surface area contributed by atoms with Crippen LogP contribution in [0.25, 0.3) is 44.1 Å². The summed E-state index contributed by atoms with van der Waals surface area (Å²) >= 11 is 5.91. The number of rotatable bonds is 14. The van der Waals surface area contributed by atoms with Crippen molar-refractivity contribution in [2.45, 2.75) is 0 Å². The molecule has 408 valence electrons. The van der Waals surface area contributed by atoms with Gasteiger partial charge in [0, 0.05) is 135 Å². The Hall–Kier alpha value is -8.53. The maximum atomic E-state index is 15.1. The number of aromatic nitrogens is 4. The number of aliphatic hydroxyl groups is 2. The lowest BCUT2D eigenvalue weighted by Crippen LogP contribution is -2.47. The van der Waals surface area contributed by atoms with Crippen LogP contribution in [-0.4, -0.2) is 130 Å². The van der Waals surface area contributed by atoms with Crippen molar-refractivity contribution >= 4 is 85.3 Å². The number of nitrogens with one attached hydrogen (secondary N) is 3. The summed E-state index contributed by atoms with van der Waals surface area (Å²) in [5, 5.41) is 28.1. The zero-order chi connectivity index (χ0) is 56.0. The third-order valence-electron chi connectivity index (χ3n) is 13.1. The molecule has 0 radical (unpaired) electrons. The van der Waals surface area contributed by atoms with Crippen molar-refractivity contribution in [3.63, 3.8) is 0 Å². The maximum absolute atomic E-state index is 15.1. The second-order valence-corrected chi connectivity index (χ2v) is 18.5. The van der Waals surface area contributed by atoms with Gasteiger partial charge >= 0.3 is 0 Å². The molecule has 2 fully saturated rings. The minimum absolute atomic E-state index is 0.0684. The van der Waals surface area contributed by atoms with E-state index in [0.717, 1.165) is 69.8 Å². The first-order chi connectivity index (χ1) is 38.2. The lowest BCUT2D eigenvalue weighted by molar-refractivity contribution is -0.112. The Morgan fingerprint density at radius 3 is 1.57 bits per heavy atom.